The van der Waals surface area contributed by atoms with Crippen LogP contribution >= 0.6 is 0 Å². The lowest BCUT2D eigenvalue weighted by Gasteiger charge is -2.22. The van der Waals surface area contributed by atoms with Gasteiger partial charge in [-0.25, -0.2) is 19.6 Å². The van der Waals surface area contributed by atoms with Crippen LogP contribution < -0.4 is 10.6 Å². The Kier molecular flexibility index (Phi) is 7.49. The number of nitrogens with one attached hydrogen (secondary N) is 2. The van der Waals surface area contributed by atoms with E-state index in [1.165, 1.54) is 25.6 Å². The molecule has 0 radical (unpaired) electrons. The molecule has 9 heteroatoms. The minimum atomic E-state index is -0.746. The molecule has 2 amide bonds. The molecule has 0 unspecified atom stereocenters. The molecule has 3 aromatic heterocycles. The maximum absolute atomic E-state index is 13.2. The van der Waals surface area contributed by atoms with Crippen molar-refractivity contribution in [3.05, 3.63) is 96.8 Å². The van der Waals surface area contributed by atoms with Gasteiger partial charge >= 0.3 is 0 Å². The van der Waals surface area contributed by atoms with Crippen molar-refractivity contribution in [2.75, 3.05) is 5.32 Å². The molecular formula is C32H31N7O2. The van der Waals surface area contributed by atoms with Crippen LogP contribution in [0.3, 0.4) is 0 Å². The number of benzene rings is 2. The van der Waals surface area contributed by atoms with Gasteiger partial charge < -0.3 is 10.6 Å². The number of hydrogen-bond donors (Lipinski definition) is 2. The third-order valence-electron chi connectivity index (χ3n) is 7.62. The van der Waals surface area contributed by atoms with E-state index < -0.39 is 6.04 Å². The SMILES string of the molecule is C[C@@H](NC(=O)c1ccc2c(C3CCCCC3)n(-c3ccccn3)nc2c1)C(=O)Nc1ccc(-c2cncnc2)cc1. The summed E-state index contributed by atoms with van der Waals surface area (Å²) in [6.07, 6.45) is 12.6. The Morgan fingerprint density at radius 3 is 2.44 bits per heavy atom. The molecule has 1 fully saturated rings. The molecule has 0 saturated heterocycles. The van der Waals surface area contributed by atoms with E-state index >= 15 is 0 Å². The number of rotatable bonds is 7. The van der Waals surface area contributed by atoms with E-state index in [0.717, 1.165) is 46.4 Å². The lowest BCUT2D eigenvalue weighted by Crippen LogP contribution is -2.41. The summed E-state index contributed by atoms with van der Waals surface area (Å²) in [4.78, 5) is 38.6. The first kappa shape index (κ1) is 26.3. The van der Waals surface area contributed by atoms with Gasteiger partial charge in [0.05, 0.1) is 11.2 Å². The van der Waals surface area contributed by atoms with E-state index in [0.29, 0.717) is 17.2 Å². The fourth-order valence-electron chi connectivity index (χ4n) is 5.46. The highest BCUT2D eigenvalue weighted by molar-refractivity contribution is 6.02. The van der Waals surface area contributed by atoms with E-state index in [2.05, 4.69) is 25.6 Å². The number of hydrogen-bond acceptors (Lipinski definition) is 6. The Hall–Kier alpha value is -4.92. The van der Waals surface area contributed by atoms with Crippen LogP contribution in [0, 0.1) is 0 Å². The van der Waals surface area contributed by atoms with Crippen molar-refractivity contribution in [2.24, 2.45) is 0 Å². The van der Waals surface area contributed by atoms with E-state index in [1.807, 2.05) is 59.3 Å². The van der Waals surface area contributed by atoms with E-state index in [1.54, 1.807) is 31.6 Å². The van der Waals surface area contributed by atoms with Crippen LogP contribution in [0.5, 0.6) is 0 Å². The van der Waals surface area contributed by atoms with Gasteiger partial charge in [0.1, 0.15) is 12.4 Å². The molecule has 5 aromatic rings. The standard InChI is InChI=1S/C32H31N7O2/c1-21(31(40)37-26-13-10-22(11-14-26)25-18-33-20-34-19-25)36-32(41)24-12-15-27-28(17-24)38-39(29-9-5-6-16-35-29)30(27)23-7-3-2-4-8-23/h5-6,9-21,23H,2-4,7-8H2,1H3,(H,36,41)(H,37,40)/t21-/m1/s1. The Morgan fingerprint density at radius 2 is 1.71 bits per heavy atom. The molecular weight excluding hydrogens is 514 g/mol. The maximum atomic E-state index is 13.2. The third kappa shape index (κ3) is 5.70. The van der Waals surface area contributed by atoms with Gasteiger partial charge in [-0.05, 0) is 61.7 Å². The molecule has 2 aromatic carbocycles. The number of fused-ring (bicyclic) bond motifs is 1. The molecule has 1 aliphatic carbocycles. The number of aromatic nitrogens is 5. The van der Waals surface area contributed by atoms with Gasteiger partial charge in [0.25, 0.3) is 5.91 Å². The van der Waals surface area contributed by atoms with Gasteiger partial charge in [-0.15, -0.1) is 0 Å². The van der Waals surface area contributed by atoms with Gasteiger partial charge in [-0.2, -0.15) is 5.10 Å². The monoisotopic (exact) mass is 545 g/mol. The number of amides is 2. The topological polar surface area (TPSA) is 115 Å². The van der Waals surface area contributed by atoms with Crippen molar-refractivity contribution in [2.45, 2.75) is 51.0 Å². The summed E-state index contributed by atoms with van der Waals surface area (Å²) in [5.74, 6) is 0.523. The third-order valence-corrected chi connectivity index (χ3v) is 7.62. The van der Waals surface area contributed by atoms with Crippen molar-refractivity contribution in [3.63, 3.8) is 0 Å². The van der Waals surface area contributed by atoms with Crippen LogP contribution in [0.15, 0.2) is 85.6 Å². The van der Waals surface area contributed by atoms with Crippen LogP contribution in [-0.2, 0) is 4.79 Å². The van der Waals surface area contributed by atoms with Crippen LogP contribution in [0.25, 0.3) is 27.8 Å². The molecule has 2 N–H and O–H groups in total. The van der Waals surface area contributed by atoms with Crippen molar-refractivity contribution < 1.29 is 9.59 Å². The molecule has 0 aliphatic heterocycles. The fourth-order valence-corrected chi connectivity index (χ4v) is 5.46. The molecule has 9 nitrogen and oxygen atoms in total. The number of pyridine rings is 1. The van der Waals surface area contributed by atoms with Gasteiger partial charge in [0, 0.05) is 46.7 Å². The summed E-state index contributed by atoms with van der Waals surface area (Å²) in [5.41, 5.74) is 4.81. The van der Waals surface area contributed by atoms with Crippen LogP contribution in [0.1, 0.15) is 61.0 Å². The second kappa shape index (κ2) is 11.7. The van der Waals surface area contributed by atoms with Gasteiger partial charge in [-0.1, -0.05) is 43.5 Å². The van der Waals surface area contributed by atoms with Crippen molar-refractivity contribution in [1.29, 1.82) is 0 Å². The smallest absolute Gasteiger partial charge is 0.251 e. The van der Waals surface area contributed by atoms with Crippen molar-refractivity contribution in [1.82, 2.24) is 30.0 Å². The average molecular weight is 546 g/mol. The molecule has 206 valence electrons. The van der Waals surface area contributed by atoms with Crippen molar-refractivity contribution >= 4 is 28.4 Å². The maximum Gasteiger partial charge on any atom is 0.251 e. The zero-order valence-electron chi connectivity index (χ0n) is 22.8. The minimum Gasteiger partial charge on any atom is -0.341 e. The molecule has 6 rings (SSSR count). The Morgan fingerprint density at radius 1 is 0.927 bits per heavy atom. The first-order valence-corrected chi connectivity index (χ1v) is 14.0. The lowest BCUT2D eigenvalue weighted by atomic mass is 9.85. The first-order chi connectivity index (χ1) is 20.1. The van der Waals surface area contributed by atoms with Crippen LogP contribution in [0.2, 0.25) is 0 Å². The van der Waals surface area contributed by atoms with Gasteiger partial charge in [0.15, 0.2) is 5.82 Å². The zero-order chi connectivity index (χ0) is 28.2. The second-order valence-electron chi connectivity index (χ2n) is 10.4. The van der Waals surface area contributed by atoms with Gasteiger partial charge in [0.2, 0.25) is 5.91 Å². The normalized spacial score (nSPS) is 14.5. The predicted octanol–water partition coefficient (Wildman–Crippen LogP) is 5.68. The summed E-state index contributed by atoms with van der Waals surface area (Å²) < 4.78 is 1.94. The zero-order valence-corrected chi connectivity index (χ0v) is 22.8. The number of anilines is 1. The van der Waals surface area contributed by atoms with Gasteiger partial charge in [-0.3, -0.25) is 9.59 Å². The Bertz CT molecular complexity index is 1660. The van der Waals surface area contributed by atoms with E-state index in [-0.39, 0.29) is 11.8 Å². The Balaban J connectivity index is 1.17. The lowest BCUT2D eigenvalue weighted by molar-refractivity contribution is -0.117. The van der Waals surface area contributed by atoms with Crippen LogP contribution in [0.4, 0.5) is 5.69 Å². The molecule has 41 heavy (non-hydrogen) atoms. The summed E-state index contributed by atoms with van der Waals surface area (Å²) in [6.45, 7) is 1.67. The summed E-state index contributed by atoms with van der Waals surface area (Å²) in [7, 11) is 0. The van der Waals surface area contributed by atoms with E-state index in [4.69, 9.17) is 5.10 Å². The fraction of sp³-hybridized carbons (Fsp3) is 0.250. The molecule has 3 heterocycles. The summed E-state index contributed by atoms with van der Waals surface area (Å²) in [6, 6.07) is 18.0. The highest BCUT2D eigenvalue weighted by Crippen LogP contribution is 2.37. The van der Waals surface area contributed by atoms with Crippen LogP contribution in [-0.4, -0.2) is 42.6 Å². The highest BCUT2D eigenvalue weighted by atomic mass is 16.2. The molecule has 1 atom stereocenters. The summed E-state index contributed by atoms with van der Waals surface area (Å²) in [5, 5.41) is 11.6. The summed E-state index contributed by atoms with van der Waals surface area (Å²) >= 11 is 0. The predicted molar refractivity (Wildman–Crippen MR) is 158 cm³/mol. The largest absolute Gasteiger partial charge is 0.341 e. The Labute approximate surface area is 238 Å². The number of nitrogens with zero attached hydrogens (tertiary/aromatic N) is 5. The molecule has 1 aliphatic rings. The van der Waals surface area contributed by atoms with Crippen molar-refractivity contribution in [3.8, 4) is 16.9 Å². The minimum absolute atomic E-state index is 0.311. The number of carbonyl (C=O) groups is 2. The second-order valence-corrected chi connectivity index (χ2v) is 10.4. The molecule has 0 bridgehead atoms. The first-order valence-electron chi connectivity index (χ1n) is 14.0. The average Bonchev–Trinajstić information content (AvgIpc) is 3.41. The molecule has 0 spiro atoms. The number of carbonyl (C=O) groups excluding carboxylic acids is 2. The van der Waals surface area contributed by atoms with E-state index in [9.17, 15) is 9.59 Å². The highest BCUT2D eigenvalue weighted by Gasteiger charge is 2.25. The quantitative estimate of drug-likeness (QED) is 0.272. The molecule has 1 saturated carbocycles.